The van der Waals surface area contributed by atoms with Crippen molar-refractivity contribution in [1.82, 2.24) is 24.4 Å². The Kier molecular flexibility index (Phi) is 3.43. The average molecular weight is 349 g/mol. The van der Waals surface area contributed by atoms with Crippen LogP contribution in [0.5, 0.6) is 0 Å². The van der Waals surface area contributed by atoms with Crippen LogP contribution in [-0.4, -0.2) is 45.9 Å². The van der Waals surface area contributed by atoms with Crippen LogP contribution in [0.4, 0.5) is 0 Å². The lowest BCUT2D eigenvalue weighted by molar-refractivity contribution is 0.217. The summed E-state index contributed by atoms with van der Waals surface area (Å²) in [6, 6.07) is 3.33. The lowest BCUT2D eigenvalue weighted by atomic mass is 10.0. The maximum Gasteiger partial charge on any atom is 0.252 e. The number of sulfonamides is 1. The van der Waals surface area contributed by atoms with Crippen LogP contribution in [0.15, 0.2) is 44.8 Å². The molecule has 0 atom stereocenters. The van der Waals surface area contributed by atoms with Crippen molar-refractivity contribution in [2.45, 2.75) is 10.1 Å². The Morgan fingerprint density at radius 2 is 2.17 bits per heavy atom. The van der Waals surface area contributed by atoms with Crippen LogP contribution in [0.2, 0.25) is 0 Å². The quantitative estimate of drug-likeness (QED) is 0.701. The van der Waals surface area contributed by atoms with Crippen molar-refractivity contribution in [3.8, 4) is 11.5 Å². The van der Waals surface area contributed by atoms with Gasteiger partial charge in [-0.3, -0.25) is 4.98 Å². The molecule has 23 heavy (non-hydrogen) atoms. The molecule has 0 aliphatic carbocycles. The molecule has 0 unspecified atom stereocenters. The van der Waals surface area contributed by atoms with Gasteiger partial charge in [0.05, 0.1) is 12.1 Å². The Morgan fingerprint density at radius 3 is 2.87 bits per heavy atom. The SMILES string of the molecule is O=S(=O)(c1cccs1)N1CC(c2nc(-c3cnccn3)no2)C1. The molecule has 3 aromatic heterocycles. The first-order valence-corrected chi connectivity index (χ1v) is 9.10. The smallest absolute Gasteiger partial charge is 0.252 e. The summed E-state index contributed by atoms with van der Waals surface area (Å²) in [6.07, 6.45) is 4.65. The van der Waals surface area contributed by atoms with Crippen LogP contribution < -0.4 is 0 Å². The van der Waals surface area contributed by atoms with Gasteiger partial charge in [0.1, 0.15) is 9.90 Å². The van der Waals surface area contributed by atoms with Gasteiger partial charge in [-0.2, -0.15) is 9.29 Å². The third-order valence-corrected chi connectivity index (χ3v) is 6.73. The van der Waals surface area contributed by atoms with E-state index in [-0.39, 0.29) is 5.92 Å². The average Bonchev–Trinajstić information content (AvgIpc) is 3.18. The van der Waals surface area contributed by atoms with Gasteiger partial charge in [0.15, 0.2) is 0 Å². The molecule has 1 aliphatic rings. The zero-order chi connectivity index (χ0) is 15.9. The molecule has 8 nitrogen and oxygen atoms in total. The van der Waals surface area contributed by atoms with Crippen LogP contribution in [0.1, 0.15) is 11.8 Å². The fraction of sp³-hybridized carbons (Fsp3) is 0.231. The normalized spacial score (nSPS) is 16.3. The molecule has 0 radical (unpaired) electrons. The highest BCUT2D eigenvalue weighted by atomic mass is 32.2. The van der Waals surface area contributed by atoms with Gasteiger partial charge in [0.2, 0.25) is 11.7 Å². The van der Waals surface area contributed by atoms with Crippen molar-refractivity contribution in [2.75, 3.05) is 13.1 Å². The molecule has 3 aromatic rings. The molecule has 118 valence electrons. The summed E-state index contributed by atoms with van der Waals surface area (Å²) in [4.78, 5) is 12.3. The van der Waals surface area contributed by atoms with Crippen molar-refractivity contribution < 1.29 is 12.9 Å². The second kappa shape index (κ2) is 5.48. The summed E-state index contributed by atoms with van der Waals surface area (Å²) in [7, 11) is -3.41. The van der Waals surface area contributed by atoms with E-state index in [4.69, 9.17) is 4.52 Å². The Labute approximate surface area is 135 Å². The van der Waals surface area contributed by atoms with Gasteiger partial charge in [0.25, 0.3) is 10.0 Å². The topological polar surface area (TPSA) is 102 Å². The van der Waals surface area contributed by atoms with E-state index in [9.17, 15) is 8.42 Å². The van der Waals surface area contributed by atoms with Crippen LogP contribution in [-0.2, 0) is 10.0 Å². The number of hydrogen-bond donors (Lipinski definition) is 0. The summed E-state index contributed by atoms with van der Waals surface area (Å²) >= 11 is 1.21. The van der Waals surface area contributed by atoms with E-state index < -0.39 is 10.0 Å². The Balaban J connectivity index is 1.48. The molecule has 4 heterocycles. The third-order valence-electron chi connectivity index (χ3n) is 3.52. The first-order valence-electron chi connectivity index (χ1n) is 6.78. The standard InChI is InChI=1S/C13H11N5O3S2/c19-23(20,11-2-1-5-22-11)18-7-9(8-18)13-16-12(17-21-13)10-6-14-3-4-15-10/h1-6,9H,7-8H2. The highest BCUT2D eigenvalue weighted by Gasteiger charge is 2.40. The van der Waals surface area contributed by atoms with E-state index in [1.807, 2.05) is 0 Å². The Morgan fingerprint density at radius 1 is 1.30 bits per heavy atom. The first kappa shape index (κ1) is 14.4. The zero-order valence-electron chi connectivity index (χ0n) is 11.7. The monoisotopic (exact) mass is 349 g/mol. The van der Waals surface area contributed by atoms with Crippen molar-refractivity contribution in [1.29, 1.82) is 0 Å². The minimum absolute atomic E-state index is 0.0948. The van der Waals surface area contributed by atoms with Crippen molar-refractivity contribution >= 4 is 21.4 Å². The van der Waals surface area contributed by atoms with Crippen molar-refractivity contribution in [3.63, 3.8) is 0 Å². The summed E-state index contributed by atoms with van der Waals surface area (Å²) in [6.45, 7) is 0.671. The second-order valence-corrected chi connectivity index (χ2v) is 8.11. The molecule has 10 heteroatoms. The van der Waals surface area contributed by atoms with Gasteiger partial charge in [-0.25, -0.2) is 13.4 Å². The lowest BCUT2D eigenvalue weighted by Crippen LogP contribution is -2.48. The molecular weight excluding hydrogens is 338 g/mol. The van der Waals surface area contributed by atoms with E-state index in [2.05, 4.69) is 20.1 Å². The summed E-state index contributed by atoms with van der Waals surface area (Å²) in [5, 5.41) is 5.62. The van der Waals surface area contributed by atoms with E-state index in [1.165, 1.54) is 15.6 Å². The molecule has 0 bridgehead atoms. The maximum absolute atomic E-state index is 12.3. The number of aromatic nitrogens is 4. The zero-order valence-corrected chi connectivity index (χ0v) is 13.4. The molecule has 0 amide bonds. The van der Waals surface area contributed by atoms with Crippen LogP contribution in [0.25, 0.3) is 11.5 Å². The number of rotatable bonds is 4. The van der Waals surface area contributed by atoms with E-state index in [1.54, 1.807) is 36.1 Å². The number of hydrogen-bond acceptors (Lipinski definition) is 8. The third kappa shape index (κ3) is 2.54. The lowest BCUT2D eigenvalue weighted by Gasteiger charge is -2.35. The van der Waals surface area contributed by atoms with Crippen LogP contribution in [0.3, 0.4) is 0 Å². The predicted octanol–water partition coefficient (Wildman–Crippen LogP) is 1.38. The highest BCUT2D eigenvalue weighted by Crippen LogP contribution is 2.33. The van der Waals surface area contributed by atoms with Crippen molar-refractivity contribution in [2.24, 2.45) is 0 Å². The molecular formula is C13H11N5O3S2. The van der Waals surface area contributed by atoms with Crippen LogP contribution in [0, 0.1) is 0 Å². The number of thiophene rings is 1. The van der Waals surface area contributed by atoms with E-state index >= 15 is 0 Å². The van der Waals surface area contributed by atoms with Gasteiger partial charge < -0.3 is 4.52 Å². The molecule has 0 N–H and O–H groups in total. The minimum Gasteiger partial charge on any atom is -0.339 e. The Bertz CT molecular complexity index is 902. The minimum atomic E-state index is -3.41. The molecule has 0 saturated carbocycles. The predicted molar refractivity (Wildman–Crippen MR) is 81.1 cm³/mol. The molecule has 1 saturated heterocycles. The second-order valence-electron chi connectivity index (χ2n) is 5.00. The van der Waals surface area contributed by atoms with Crippen LogP contribution >= 0.6 is 11.3 Å². The molecule has 1 aliphatic heterocycles. The molecule has 0 aromatic carbocycles. The molecule has 4 rings (SSSR count). The summed E-state index contributed by atoms with van der Waals surface area (Å²) < 4.78 is 31.6. The van der Waals surface area contributed by atoms with Gasteiger partial charge in [-0.05, 0) is 11.4 Å². The van der Waals surface area contributed by atoms with Gasteiger partial charge in [0, 0.05) is 25.5 Å². The van der Waals surface area contributed by atoms with Gasteiger partial charge in [-0.1, -0.05) is 11.2 Å². The first-order chi connectivity index (χ1) is 11.1. The van der Waals surface area contributed by atoms with E-state index in [0.29, 0.717) is 34.7 Å². The van der Waals surface area contributed by atoms with Gasteiger partial charge >= 0.3 is 0 Å². The van der Waals surface area contributed by atoms with E-state index in [0.717, 1.165) is 0 Å². The van der Waals surface area contributed by atoms with Gasteiger partial charge in [-0.15, -0.1) is 11.3 Å². The molecule has 0 spiro atoms. The Hall–Kier alpha value is -2.17. The number of nitrogens with zero attached hydrogens (tertiary/aromatic N) is 5. The highest BCUT2D eigenvalue weighted by molar-refractivity contribution is 7.91. The molecule has 1 fully saturated rings. The largest absolute Gasteiger partial charge is 0.339 e. The fourth-order valence-corrected chi connectivity index (χ4v) is 4.92. The fourth-order valence-electron chi connectivity index (χ4n) is 2.25. The van der Waals surface area contributed by atoms with Crippen molar-refractivity contribution in [3.05, 3.63) is 42.0 Å². The summed E-state index contributed by atoms with van der Waals surface area (Å²) in [5.41, 5.74) is 0.518. The maximum atomic E-state index is 12.3. The summed E-state index contributed by atoms with van der Waals surface area (Å²) in [5.74, 6) is 0.679.